The van der Waals surface area contributed by atoms with Gasteiger partial charge in [0.15, 0.2) is 5.92 Å². The summed E-state index contributed by atoms with van der Waals surface area (Å²) in [4.78, 5) is 51.6. The molecule has 0 radical (unpaired) electrons. The molecule has 2 fully saturated rings. The Bertz CT molecular complexity index is 1740. The first kappa shape index (κ1) is 31.4. The summed E-state index contributed by atoms with van der Waals surface area (Å²) in [6.45, 7) is 1.54. The van der Waals surface area contributed by atoms with Crippen LogP contribution in [-0.4, -0.2) is 52.1 Å². The van der Waals surface area contributed by atoms with Crippen molar-refractivity contribution >= 4 is 23.4 Å². The molecule has 0 amide bonds. The fourth-order valence-electron chi connectivity index (χ4n) is 6.64. The first-order valence-corrected chi connectivity index (χ1v) is 14.8. The summed E-state index contributed by atoms with van der Waals surface area (Å²) in [6.07, 6.45) is 1.08. The van der Waals surface area contributed by atoms with Crippen molar-refractivity contribution < 1.29 is 46.7 Å². The molecule has 2 unspecified atom stereocenters. The highest BCUT2D eigenvalue weighted by atomic mass is 19.3. The van der Waals surface area contributed by atoms with Crippen LogP contribution in [0.25, 0.3) is 0 Å². The molecule has 14 heteroatoms. The molecular weight excluding hydrogens is 611 g/mol. The molecule has 4 atom stereocenters. The number of nitrogens with zero attached hydrogens (tertiary/aromatic N) is 3. The fourth-order valence-corrected chi connectivity index (χ4v) is 6.64. The Morgan fingerprint density at radius 3 is 2.59 bits per heavy atom. The third kappa shape index (κ3) is 5.13. The van der Waals surface area contributed by atoms with Crippen LogP contribution in [0.2, 0.25) is 0 Å². The van der Waals surface area contributed by atoms with Crippen molar-refractivity contribution in [2.24, 2.45) is 11.3 Å². The molecule has 0 bridgehead atoms. The number of halogens is 3. The molecule has 11 nitrogen and oxygen atoms in total. The Morgan fingerprint density at radius 2 is 1.93 bits per heavy atom. The molecular formula is C32H30F3N3O8. The van der Waals surface area contributed by atoms with Gasteiger partial charge >= 0.3 is 11.9 Å². The van der Waals surface area contributed by atoms with Crippen LogP contribution in [-0.2, 0) is 38.5 Å². The molecule has 6 rings (SSSR count). The molecule has 1 aromatic heterocycles. The smallest absolute Gasteiger partial charge is 0.341 e. The van der Waals surface area contributed by atoms with E-state index in [0.29, 0.717) is 36.4 Å². The Hall–Kier alpha value is -4.59. The Labute approximate surface area is 260 Å². The van der Waals surface area contributed by atoms with Crippen molar-refractivity contribution in [3.63, 3.8) is 0 Å². The maximum Gasteiger partial charge on any atom is 0.341 e. The van der Waals surface area contributed by atoms with Crippen LogP contribution in [0.5, 0.6) is 0 Å². The van der Waals surface area contributed by atoms with Gasteiger partial charge in [0.25, 0.3) is 11.6 Å². The monoisotopic (exact) mass is 641 g/mol. The summed E-state index contributed by atoms with van der Waals surface area (Å²) >= 11 is 0. The van der Waals surface area contributed by atoms with Gasteiger partial charge in [-0.25, -0.2) is 22.6 Å². The highest BCUT2D eigenvalue weighted by molar-refractivity contribution is 6.13. The van der Waals surface area contributed by atoms with Crippen LogP contribution in [0.1, 0.15) is 81.6 Å². The van der Waals surface area contributed by atoms with Crippen LogP contribution >= 0.6 is 0 Å². The van der Waals surface area contributed by atoms with Gasteiger partial charge in [0.05, 0.1) is 17.6 Å². The molecule has 0 spiro atoms. The number of alkyl halides is 2. The number of carbonyl (C=O) groups excluding carboxylic acids is 3. The fraction of sp³-hybridized carbons (Fsp3) is 0.438. The Morgan fingerprint density at radius 1 is 1.20 bits per heavy atom. The number of rotatable bonds is 9. The van der Waals surface area contributed by atoms with E-state index in [1.54, 1.807) is 30.3 Å². The van der Waals surface area contributed by atoms with Crippen LogP contribution in [0, 0.1) is 27.3 Å². The van der Waals surface area contributed by atoms with Gasteiger partial charge in [-0.1, -0.05) is 37.3 Å². The number of benzene rings is 2. The summed E-state index contributed by atoms with van der Waals surface area (Å²) in [5.41, 5.74) is -2.99. The molecule has 1 saturated carbocycles. The van der Waals surface area contributed by atoms with Crippen molar-refractivity contribution in [2.45, 2.75) is 63.7 Å². The minimum atomic E-state index is -3.01. The number of methoxy groups -OCH3 is 1. The van der Waals surface area contributed by atoms with E-state index in [9.17, 15) is 33.3 Å². The maximum atomic E-state index is 15.3. The van der Waals surface area contributed by atoms with E-state index in [2.05, 4.69) is 9.84 Å². The van der Waals surface area contributed by atoms with E-state index < -0.39 is 74.7 Å². The SMILES string of the molecule is COC(=O)c1cc([N+](=O)[O-])c(C(C(=O)OCc2ccccc2)C(=O)c2nn(C3CCCCO3)c3c2C[C@@H]2C(F)(F)[C@]2(C)C3)cc1F. The zero-order chi connectivity index (χ0) is 33.0. The number of esters is 2. The lowest BCUT2D eigenvalue weighted by Crippen LogP contribution is -2.27. The first-order chi connectivity index (χ1) is 21.9. The third-order valence-corrected chi connectivity index (χ3v) is 9.36. The van der Waals surface area contributed by atoms with Crippen LogP contribution in [0.3, 0.4) is 0 Å². The largest absolute Gasteiger partial charge is 0.465 e. The molecule has 1 aliphatic heterocycles. The number of nitro benzene ring substituents is 1. The number of carbonyl (C=O) groups is 3. The van der Waals surface area contributed by atoms with Crippen molar-refractivity contribution in [3.05, 3.63) is 92.0 Å². The van der Waals surface area contributed by atoms with E-state index in [4.69, 9.17) is 9.47 Å². The summed E-state index contributed by atoms with van der Waals surface area (Å²) in [5.74, 6) is -11.1. The van der Waals surface area contributed by atoms with Gasteiger partial charge < -0.3 is 14.2 Å². The molecule has 3 aliphatic rings. The average Bonchev–Trinajstić information content (AvgIpc) is 3.29. The quantitative estimate of drug-likeness (QED) is 0.0975. The van der Waals surface area contributed by atoms with E-state index in [-0.39, 0.29) is 30.7 Å². The lowest BCUT2D eigenvalue weighted by Gasteiger charge is -2.26. The predicted octanol–water partition coefficient (Wildman–Crippen LogP) is 5.50. The second-order valence-corrected chi connectivity index (χ2v) is 12.0. The number of ketones is 1. The van der Waals surface area contributed by atoms with Gasteiger partial charge in [-0.2, -0.15) is 5.10 Å². The van der Waals surface area contributed by atoms with Gasteiger partial charge in [-0.3, -0.25) is 19.7 Å². The van der Waals surface area contributed by atoms with Gasteiger partial charge in [-0.15, -0.1) is 0 Å². The minimum absolute atomic E-state index is 0.105. The van der Waals surface area contributed by atoms with Crippen molar-refractivity contribution in [2.75, 3.05) is 13.7 Å². The minimum Gasteiger partial charge on any atom is -0.465 e. The molecule has 0 N–H and O–H groups in total. The zero-order valence-corrected chi connectivity index (χ0v) is 25.0. The lowest BCUT2D eigenvalue weighted by molar-refractivity contribution is -0.385. The van der Waals surface area contributed by atoms with Crippen molar-refractivity contribution in [3.8, 4) is 0 Å². The van der Waals surface area contributed by atoms with E-state index >= 15 is 4.39 Å². The molecule has 242 valence electrons. The molecule has 46 heavy (non-hydrogen) atoms. The predicted molar refractivity (Wildman–Crippen MR) is 153 cm³/mol. The molecule has 3 aromatic rings. The topological polar surface area (TPSA) is 140 Å². The summed E-state index contributed by atoms with van der Waals surface area (Å²) in [7, 11) is 0.957. The normalized spacial score (nSPS) is 23.4. The second-order valence-electron chi connectivity index (χ2n) is 12.0. The lowest BCUT2D eigenvalue weighted by atomic mass is 9.84. The van der Waals surface area contributed by atoms with E-state index in [0.717, 1.165) is 20.0 Å². The first-order valence-electron chi connectivity index (χ1n) is 14.8. The van der Waals surface area contributed by atoms with Gasteiger partial charge in [-0.05, 0) is 37.3 Å². The van der Waals surface area contributed by atoms with Gasteiger partial charge in [0, 0.05) is 41.7 Å². The highest BCUT2D eigenvalue weighted by Gasteiger charge is 2.78. The number of nitro groups is 1. The number of hydrogen-bond acceptors (Lipinski definition) is 9. The Kier molecular flexibility index (Phi) is 7.95. The number of aromatic nitrogens is 2. The maximum absolute atomic E-state index is 15.3. The molecule has 2 heterocycles. The molecule has 2 aliphatic carbocycles. The Balaban J connectivity index is 1.48. The number of hydrogen-bond donors (Lipinski definition) is 0. The van der Waals surface area contributed by atoms with Crippen molar-refractivity contribution in [1.29, 1.82) is 0 Å². The number of ether oxygens (including phenoxy) is 3. The molecule has 1 saturated heterocycles. The van der Waals surface area contributed by atoms with Gasteiger partial charge in [0.1, 0.15) is 29.9 Å². The second kappa shape index (κ2) is 11.6. The standard InChI is InChI=1S/C32H30F3N3O8/c1-31-15-23-20(14-24(31)32(31,34)35)27(36-37(23)25-10-6-7-11-45-25)28(39)26(30(41)46-16-17-8-4-3-5-9-17)19-12-21(33)18(29(40)44-2)13-22(19)38(42)43/h3-5,8-9,12-13,24-26H,6-7,10-11,14-16H2,1-2H3/t24-,25?,26?,31+/m0/s1. The number of Topliss-reactive ketones (excluding diaryl/α,β-unsaturated/α-hetero) is 1. The summed E-state index contributed by atoms with van der Waals surface area (Å²) < 4.78 is 62.5. The van der Waals surface area contributed by atoms with E-state index in [1.807, 2.05) is 0 Å². The van der Waals surface area contributed by atoms with E-state index in [1.165, 1.54) is 11.6 Å². The zero-order valence-electron chi connectivity index (χ0n) is 25.0. The summed E-state index contributed by atoms with van der Waals surface area (Å²) in [5, 5.41) is 16.7. The third-order valence-electron chi connectivity index (χ3n) is 9.36. The van der Waals surface area contributed by atoms with Crippen molar-refractivity contribution in [1.82, 2.24) is 9.78 Å². The molecule has 2 aromatic carbocycles. The van der Waals surface area contributed by atoms with Gasteiger partial charge in [0.2, 0.25) is 5.78 Å². The highest BCUT2D eigenvalue weighted by Crippen LogP contribution is 2.70. The van der Waals surface area contributed by atoms with Crippen LogP contribution in [0.15, 0.2) is 42.5 Å². The summed E-state index contributed by atoms with van der Waals surface area (Å²) in [6, 6.07) is 9.53. The number of fused-ring (bicyclic) bond motifs is 2. The average molecular weight is 642 g/mol. The van der Waals surface area contributed by atoms with Crippen LogP contribution < -0.4 is 0 Å². The van der Waals surface area contributed by atoms with Crippen LogP contribution in [0.4, 0.5) is 18.9 Å².